The van der Waals surface area contributed by atoms with Gasteiger partial charge < -0.3 is 19.5 Å². The fraction of sp³-hybridized carbons (Fsp3) is 0.300. The SMILES string of the molecule is Cc1ccc(C)c(OC(C)C(=O)Nc2ccc(Oc3ccc4c(c3)C(=O)N(CC3CCCO3)C4=O)cc2)c1. The number of fused-ring (bicyclic) bond motifs is 1. The molecule has 2 unspecified atom stereocenters. The second-order valence-electron chi connectivity index (χ2n) is 9.71. The number of imide groups is 1. The van der Waals surface area contributed by atoms with Crippen LogP contribution in [-0.4, -0.2) is 48.0 Å². The average molecular weight is 515 g/mol. The van der Waals surface area contributed by atoms with Crippen molar-refractivity contribution >= 4 is 23.4 Å². The van der Waals surface area contributed by atoms with Gasteiger partial charge in [0.2, 0.25) is 0 Å². The van der Waals surface area contributed by atoms with Crippen molar-refractivity contribution in [1.82, 2.24) is 4.90 Å². The minimum atomic E-state index is -0.683. The van der Waals surface area contributed by atoms with Crippen molar-refractivity contribution in [3.8, 4) is 17.2 Å². The van der Waals surface area contributed by atoms with E-state index in [4.69, 9.17) is 14.2 Å². The van der Waals surface area contributed by atoms with Crippen LogP contribution in [0.25, 0.3) is 0 Å². The minimum Gasteiger partial charge on any atom is -0.481 e. The van der Waals surface area contributed by atoms with Crippen molar-refractivity contribution in [1.29, 1.82) is 0 Å². The van der Waals surface area contributed by atoms with Crippen LogP contribution in [0.3, 0.4) is 0 Å². The highest BCUT2D eigenvalue weighted by Crippen LogP contribution is 2.31. The summed E-state index contributed by atoms with van der Waals surface area (Å²) >= 11 is 0. The predicted octanol–water partition coefficient (Wildman–Crippen LogP) is 5.28. The number of anilines is 1. The number of nitrogens with one attached hydrogen (secondary N) is 1. The third kappa shape index (κ3) is 5.40. The summed E-state index contributed by atoms with van der Waals surface area (Å²) < 4.78 is 17.4. The number of rotatable bonds is 8. The Hall–Kier alpha value is -4.17. The molecule has 5 rings (SSSR count). The zero-order chi connectivity index (χ0) is 26.8. The maximum atomic E-state index is 12.9. The fourth-order valence-corrected chi connectivity index (χ4v) is 4.56. The molecule has 0 saturated carbocycles. The smallest absolute Gasteiger partial charge is 0.265 e. The van der Waals surface area contributed by atoms with E-state index < -0.39 is 6.10 Å². The summed E-state index contributed by atoms with van der Waals surface area (Å²) in [5.41, 5.74) is 3.31. The number of amides is 3. The number of carbonyl (C=O) groups excluding carboxylic acids is 3. The molecule has 0 aromatic heterocycles. The molecular formula is C30H30N2O6. The first-order chi connectivity index (χ1) is 18.3. The van der Waals surface area contributed by atoms with E-state index in [1.165, 1.54) is 4.90 Å². The molecule has 2 atom stereocenters. The number of carbonyl (C=O) groups is 3. The second kappa shape index (κ2) is 10.7. The Morgan fingerprint density at radius 3 is 2.47 bits per heavy atom. The van der Waals surface area contributed by atoms with Crippen LogP contribution in [0.1, 0.15) is 51.6 Å². The normalized spacial score (nSPS) is 17.3. The maximum absolute atomic E-state index is 12.9. The van der Waals surface area contributed by atoms with E-state index in [2.05, 4.69) is 5.32 Å². The maximum Gasteiger partial charge on any atom is 0.265 e. The lowest BCUT2D eigenvalue weighted by Gasteiger charge is -2.17. The molecule has 2 heterocycles. The van der Waals surface area contributed by atoms with Crippen LogP contribution < -0.4 is 14.8 Å². The number of aryl methyl sites for hydroxylation is 2. The molecule has 0 bridgehead atoms. The number of nitrogens with zero attached hydrogens (tertiary/aromatic N) is 1. The van der Waals surface area contributed by atoms with E-state index >= 15 is 0 Å². The number of benzene rings is 3. The zero-order valence-electron chi connectivity index (χ0n) is 21.7. The molecule has 3 aromatic carbocycles. The molecule has 0 radical (unpaired) electrons. The zero-order valence-corrected chi connectivity index (χ0v) is 21.7. The van der Waals surface area contributed by atoms with E-state index in [0.717, 1.165) is 24.0 Å². The monoisotopic (exact) mass is 514 g/mol. The van der Waals surface area contributed by atoms with E-state index in [-0.39, 0.29) is 30.4 Å². The number of hydrogen-bond acceptors (Lipinski definition) is 6. The summed E-state index contributed by atoms with van der Waals surface area (Å²) in [6.45, 7) is 6.55. The highest BCUT2D eigenvalue weighted by molar-refractivity contribution is 6.21. The van der Waals surface area contributed by atoms with Crippen molar-refractivity contribution < 1.29 is 28.6 Å². The third-order valence-electron chi connectivity index (χ3n) is 6.73. The molecule has 3 amide bonds. The van der Waals surface area contributed by atoms with Gasteiger partial charge in [-0.05, 0) is 93.3 Å². The molecule has 0 spiro atoms. The Kier molecular flexibility index (Phi) is 7.15. The van der Waals surface area contributed by atoms with E-state index in [9.17, 15) is 14.4 Å². The van der Waals surface area contributed by atoms with Crippen LogP contribution in [-0.2, 0) is 9.53 Å². The van der Waals surface area contributed by atoms with Gasteiger partial charge in [0.15, 0.2) is 6.10 Å². The van der Waals surface area contributed by atoms with Gasteiger partial charge in [-0.1, -0.05) is 12.1 Å². The van der Waals surface area contributed by atoms with E-state index in [1.54, 1.807) is 49.4 Å². The summed E-state index contributed by atoms with van der Waals surface area (Å²) in [5, 5.41) is 2.85. The quantitative estimate of drug-likeness (QED) is 0.411. The van der Waals surface area contributed by atoms with Crippen LogP contribution in [0.15, 0.2) is 60.7 Å². The van der Waals surface area contributed by atoms with Gasteiger partial charge in [0.05, 0.1) is 23.8 Å². The lowest BCUT2D eigenvalue weighted by Crippen LogP contribution is -2.36. The van der Waals surface area contributed by atoms with Crippen LogP contribution in [0.4, 0.5) is 5.69 Å². The van der Waals surface area contributed by atoms with Crippen LogP contribution in [0.2, 0.25) is 0 Å². The largest absolute Gasteiger partial charge is 0.481 e. The van der Waals surface area contributed by atoms with Crippen LogP contribution in [0, 0.1) is 13.8 Å². The molecule has 2 aliphatic rings. The third-order valence-corrected chi connectivity index (χ3v) is 6.73. The van der Waals surface area contributed by atoms with Gasteiger partial charge >= 0.3 is 0 Å². The Bertz CT molecular complexity index is 1380. The molecule has 1 fully saturated rings. The highest BCUT2D eigenvalue weighted by atomic mass is 16.5. The second-order valence-corrected chi connectivity index (χ2v) is 9.71. The summed E-state index contributed by atoms with van der Waals surface area (Å²) in [4.78, 5) is 39.5. The average Bonchev–Trinajstić information content (AvgIpc) is 3.50. The number of ether oxygens (including phenoxy) is 3. The number of hydrogen-bond donors (Lipinski definition) is 1. The Balaban J connectivity index is 1.20. The molecule has 3 aromatic rings. The van der Waals surface area contributed by atoms with Gasteiger partial charge in [-0.3, -0.25) is 19.3 Å². The minimum absolute atomic E-state index is 0.104. The molecule has 8 nitrogen and oxygen atoms in total. The van der Waals surface area contributed by atoms with Crippen molar-refractivity contribution in [2.75, 3.05) is 18.5 Å². The summed E-state index contributed by atoms with van der Waals surface area (Å²) in [6.07, 6.45) is 0.996. The van der Waals surface area contributed by atoms with Gasteiger partial charge in [-0.15, -0.1) is 0 Å². The van der Waals surface area contributed by atoms with Gasteiger partial charge in [0.25, 0.3) is 17.7 Å². The molecular weight excluding hydrogens is 484 g/mol. The lowest BCUT2D eigenvalue weighted by atomic mass is 10.1. The van der Waals surface area contributed by atoms with Crippen LogP contribution in [0.5, 0.6) is 17.2 Å². The first-order valence-electron chi connectivity index (χ1n) is 12.7. The first kappa shape index (κ1) is 25.5. The van der Waals surface area contributed by atoms with Crippen molar-refractivity contribution in [3.63, 3.8) is 0 Å². The molecule has 0 aliphatic carbocycles. The summed E-state index contributed by atoms with van der Waals surface area (Å²) in [6, 6.07) is 17.6. The lowest BCUT2D eigenvalue weighted by molar-refractivity contribution is -0.122. The molecule has 1 saturated heterocycles. The van der Waals surface area contributed by atoms with Gasteiger partial charge in [-0.25, -0.2) is 0 Å². The Labute approximate surface area is 221 Å². The molecule has 8 heteroatoms. The Morgan fingerprint density at radius 2 is 1.74 bits per heavy atom. The van der Waals surface area contributed by atoms with Crippen LogP contribution >= 0.6 is 0 Å². The van der Waals surface area contributed by atoms with Gasteiger partial charge in [0.1, 0.15) is 17.2 Å². The predicted molar refractivity (Wildman–Crippen MR) is 142 cm³/mol. The topological polar surface area (TPSA) is 94.2 Å². The van der Waals surface area contributed by atoms with Crippen molar-refractivity contribution in [3.05, 3.63) is 82.9 Å². The molecule has 196 valence electrons. The van der Waals surface area contributed by atoms with Crippen molar-refractivity contribution in [2.24, 2.45) is 0 Å². The van der Waals surface area contributed by atoms with E-state index in [0.29, 0.717) is 40.7 Å². The standard InChI is InChI=1S/C30H30N2O6/c1-18-6-7-19(2)27(15-18)37-20(3)28(33)31-21-8-10-22(11-9-21)38-23-12-13-25-26(16-23)30(35)32(29(25)34)17-24-5-4-14-36-24/h6-13,15-16,20,24H,4-5,14,17H2,1-3H3,(H,31,33). The van der Waals surface area contributed by atoms with Gasteiger partial charge in [0, 0.05) is 12.3 Å². The Morgan fingerprint density at radius 1 is 1.00 bits per heavy atom. The highest BCUT2D eigenvalue weighted by Gasteiger charge is 2.37. The summed E-state index contributed by atoms with van der Waals surface area (Å²) in [5.74, 6) is 0.741. The van der Waals surface area contributed by atoms with E-state index in [1.807, 2.05) is 32.0 Å². The fourth-order valence-electron chi connectivity index (χ4n) is 4.56. The summed E-state index contributed by atoms with van der Waals surface area (Å²) in [7, 11) is 0. The first-order valence-corrected chi connectivity index (χ1v) is 12.7. The molecule has 1 N–H and O–H groups in total. The molecule has 2 aliphatic heterocycles. The molecule has 38 heavy (non-hydrogen) atoms. The van der Waals surface area contributed by atoms with Gasteiger partial charge in [-0.2, -0.15) is 0 Å². The van der Waals surface area contributed by atoms with Crippen molar-refractivity contribution in [2.45, 2.75) is 45.8 Å².